The summed E-state index contributed by atoms with van der Waals surface area (Å²) in [6, 6.07) is 12.8. The summed E-state index contributed by atoms with van der Waals surface area (Å²) < 4.78 is 2.31. The molecule has 1 atom stereocenters. The second-order valence-electron chi connectivity index (χ2n) is 4.26. The minimum absolute atomic E-state index is 0.499. The molecule has 1 heterocycles. The van der Waals surface area contributed by atoms with Gasteiger partial charge in [-0.2, -0.15) is 0 Å². The van der Waals surface area contributed by atoms with Gasteiger partial charge in [0.15, 0.2) is 0 Å². The van der Waals surface area contributed by atoms with E-state index in [1.54, 1.807) is 11.3 Å². The molecule has 1 unspecified atom stereocenters. The number of thiophene rings is 1. The van der Waals surface area contributed by atoms with E-state index in [1.165, 1.54) is 14.2 Å². The Bertz CT molecular complexity index is 493. The van der Waals surface area contributed by atoms with Crippen molar-refractivity contribution in [1.82, 2.24) is 0 Å². The highest BCUT2D eigenvalue weighted by molar-refractivity contribution is 9.11. The van der Waals surface area contributed by atoms with Gasteiger partial charge in [0, 0.05) is 15.2 Å². The van der Waals surface area contributed by atoms with Gasteiger partial charge in [-0.25, -0.2) is 0 Å². The number of rotatable bonds is 5. The van der Waals surface area contributed by atoms with E-state index >= 15 is 0 Å². The Labute approximate surface area is 134 Å². The maximum atomic E-state index is 6.09. The van der Waals surface area contributed by atoms with E-state index in [0.29, 0.717) is 11.8 Å². The van der Waals surface area contributed by atoms with Crippen LogP contribution in [0.15, 0.2) is 44.7 Å². The summed E-state index contributed by atoms with van der Waals surface area (Å²) in [5, 5.41) is 0. The number of hydrogen-bond donors (Lipinski definition) is 0. The third kappa shape index (κ3) is 4.37. The normalized spacial score (nSPS) is 12.6. The fraction of sp³-hybridized carbons (Fsp3) is 0.286. The average molecular weight is 409 g/mol. The first-order valence-electron chi connectivity index (χ1n) is 5.72. The van der Waals surface area contributed by atoms with Gasteiger partial charge in [0.2, 0.25) is 0 Å². The van der Waals surface area contributed by atoms with E-state index < -0.39 is 0 Å². The lowest BCUT2D eigenvalue weighted by Gasteiger charge is -2.12. The maximum absolute atomic E-state index is 6.09. The van der Waals surface area contributed by atoms with Crippen molar-refractivity contribution >= 4 is 54.8 Å². The Kier molecular flexibility index (Phi) is 5.74. The third-order valence-electron chi connectivity index (χ3n) is 2.77. The van der Waals surface area contributed by atoms with Crippen LogP contribution in [0.4, 0.5) is 0 Å². The molecule has 0 aliphatic heterocycles. The summed E-state index contributed by atoms with van der Waals surface area (Å²) in [6.07, 6.45) is 2.09. The van der Waals surface area contributed by atoms with Gasteiger partial charge in [0.1, 0.15) is 0 Å². The fourth-order valence-corrected chi connectivity index (χ4v) is 3.96. The van der Waals surface area contributed by atoms with Crippen molar-refractivity contribution in [2.75, 3.05) is 5.88 Å². The molecule has 96 valence electrons. The standard InChI is InChI=1S/C14H13Br2ClS/c15-12-3-1-10(2-4-12)7-11(9-17)8-13-5-6-14(16)18-13/h1-6,11H,7-9H2. The zero-order valence-corrected chi connectivity index (χ0v) is 14.4. The molecule has 0 amide bonds. The fourth-order valence-electron chi connectivity index (χ4n) is 1.88. The molecule has 4 heteroatoms. The number of halogens is 3. The first-order chi connectivity index (χ1) is 8.67. The number of hydrogen-bond acceptors (Lipinski definition) is 1. The van der Waals surface area contributed by atoms with Gasteiger partial charge in [-0.05, 0) is 64.5 Å². The van der Waals surface area contributed by atoms with E-state index in [1.807, 2.05) is 0 Å². The lowest BCUT2D eigenvalue weighted by Crippen LogP contribution is -2.09. The molecule has 0 spiro atoms. The molecule has 0 aliphatic rings. The monoisotopic (exact) mass is 406 g/mol. The Morgan fingerprint density at radius 3 is 2.28 bits per heavy atom. The van der Waals surface area contributed by atoms with Gasteiger partial charge < -0.3 is 0 Å². The van der Waals surface area contributed by atoms with Crippen LogP contribution in [0.2, 0.25) is 0 Å². The van der Waals surface area contributed by atoms with Crippen molar-refractivity contribution in [3.05, 3.63) is 55.1 Å². The molecular formula is C14H13Br2ClS. The average Bonchev–Trinajstić information content (AvgIpc) is 2.77. The van der Waals surface area contributed by atoms with Gasteiger partial charge in [-0.15, -0.1) is 22.9 Å². The highest BCUT2D eigenvalue weighted by atomic mass is 79.9. The van der Waals surface area contributed by atoms with Crippen LogP contribution < -0.4 is 0 Å². The van der Waals surface area contributed by atoms with Crippen LogP contribution in [0.25, 0.3) is 0 Å². The van der Waals surface area contributed by atoms with Crippen LogP contribution in [0, 0.1) is 5.92 Å². The van der Waals surface area contributed by atoms with Crippen molar-refractivity contribution in [2.24, 2.45) is 5.92 Å². The molecule has 2 aromatic rings. The number of alkyl halides is 1. The maximum Gasteiger partial charge on any atom is 0.0701 e. The molecule has 1 aromatic carbocycles. The molecule has 0 saturated carbocycles. The van der Waals surface area contributed by atoms with Gasteiger partial charge in [-0.1, -0.05) is 28.1 Å². The third-order valence-corrected chi connectivity index (χ3v) is 5.39. The second kappa shape index (κ2) is 7.09. The highest BCUT2D eigenvalue weighted by Gasteiger charge is 2.11. The summed E-state index contributed by atoms with van der Waals surface area (Å²) in [5.41, 5.74) is 1.35. The lowest BCUT2D eigenvalue weighted by atomic mass is 9.97. The zero-order valence-electron chi connectivity index (χ0n) is 9.70. The molecule has 2 rings (SSSR count). The topological polar surface area (TPSA) is 0 Å². The molecule has 0 nitrogen and oxygen atoms in total. The van der Waals surface area contributed by atoms with Crippen molar-refractivity contribution in [2.45, 2.75) is 12.8 Å². The zero-order chi connectivity index (χ0) is 13.0. The van der Waals surface area contributed by atoms with Crippen LogP contribution >= 0.6 is 54.8 Å². The SMILES string of the molecule is ClCC(Cc1ccc(Br)cc1)Cc1ccc(Br)s1. The Morgan fingerprint density at radius 2 is 1.72 bits per heavy atom. The van der Waals surface area contributed by atoms with Crippen LogP contribution in [0.5, 0.6) is 0 Å². The van der Waals surface area contributed by atoms with Crippen molar-refractivity contribution in [1.29, 1.82) is 0 Å². The smallest absolute Gasteiger partial charge is 0.0701 e. The molecule has 0 saturated heterocycles. The Hall–Kier alpha value is 0.170. The van der Waals surface area contributed by atoms with Gasteiger partial charge in [-0.3, -0.25) is 0 Å². The van der Waals surface area contributed by atoms with Gasteiger partial charge >= 0.3 is 0 Å². The van der Waals surface area contributed by atoms with Crippen LogP contribution in [0.3, 0.4) is 0 Å². The highest BCUT2D eigenvalue weighted by Crippen LogP contribution is 2.26. The molecule has 1 aromatic heterocycles. The van der Waals surface area contributed by atoms with Gasteiger partial charge in [0.25, 0.3) is 0 Å². The first kappa shape index (κ1) is 14.6. The predicted octanol–water partition coefficient (Wildman–Crippen LogP) is 5.91. The number of benzene rings is 1. The quantitative estimate of drug-likeness (QED) is 0.539. The van der Waals surface area contributed by atoms with Crippen molar-refractivity contribution < 1.29 is 0 Å². The minimum atomic E-state index is 0.499. The molecule has 0 N–H and O–H groups in total. The lowest BCUT2D eigenvalue weighted by molar-refractivity contribution is 0.589. The molecular weight excluding hydrogens is 395 g/mol. The molecule has 18 heavy (non-hydrogen) atoms. The van der Waals surface area contributed by atoms with E-state index in [4.69, 9.17) is 11.6 Å². The Morgan fingerprint density at radius 1 is 1.00 bits per heavy atom. The van der Waals surface area contributed by atoms with Crippen molar-refractivity contribution in [3.63, 3.8) is 0 Å². The largest absolute Gasteiger partial charge is 0.133 e. The predicted molar refractivity (Wildman–Crippen MR) is 87.8 cm³/mol. The molecule has 0 aliphatic carbocycles. The first-order valence-corrected chi connectivity index (χ1v) is 8.65. The molecule has 0 fully saturated rings. The van der Waals surface area contributed by atoms with E-state index in [9.17, 15) is 0 Å². The van der Waals surface area contributed by atoms with Crippen molar-refractivity contribution in [3.8, 4) is 0 Å². The van der Waals surface area contributed by atoms with Crippen LogP contribution in [-0.4, -0.2) is 5.88 Å². The van der Waals surface area contributed by atoms with E-state index in [-0.39, 0.29) is 0 Å². The van der Waals surface area contributed by atoms with E-state index in [2.05, 4.69) is 68.3 Å². The van der Waals surface area contributed by atoms with Crippen LogP contribution in [-0.2, 0) is 12.8 Å². The van der Waals surface area contributed by atoms with Crippen LogP contribution in [0.1, 0.15) is 10.4 Å². The van der Waals surface area contributed by atoms with E-state index in [0.717, 1.165) is 17.3 Å². The van der Waals surface area contributed by atoms with Gasteiger partial charge in [0.05, 0.1) is 3.79 Å². The minimum Gasteiger partial charge on any atom is -0.133 e. The molecule has 0 radical (unpaired) electrons. The summed E-state index contributed by atoms with van der Waals surface area (Å²) in [7, 11) is 0. The second-order valence-corrected chi connectivity index (χ2v) is 8.03. The summed E-state index contributed by atoms with van der Waals surface area (Å²) in [6.45, 7) is 0. The summed E-state index contributed by atoms with van der Waals surface area (Å²) in [4.78, 5) is 1.39. The summed E-state index contributed by atoms with van der Waals surface area (Å²) in [5.74, 6) is 1.20. The summed E-state index contributed by atoms with van der Waals surface area (Å²) >= 11 is 14.8. The molecule has 0 bridgehead atoms. The Balaban J connectivity index is 1.99.